The van der Waals surface area contributed by atoms with Crippen molar-refractivity contribution in [2.75, 3.05) is 0 Å². The zero-order valence-corrected chi connectivity index (χ0v) is 18.8. The monoisotopic (exact) mass is 484 g/mol. The van der Waals surface area contributed by atoms with Crippen molar-refractivity contribution in [1.82, 2.24) is 10.3 Å². The molecule has 3 aromatic rings. The highest BCUT2D eigenvalue weighted by atomic mass is 35.5. The van der Waals surface area contributed by atoms with Crippen molar-refractivity contribution in [3.63, 3.8) is 0 Å². The van der Waals surface area contributed by atoms with Gasteiger partial charge in [-0.1, -0.05) is 77.4 Å². The number of hydrogen-bond acceptors (Lipinski definition) is 5. The highest BCUT2D eigenvalue weighted by molar-refractivity contribution is 8.13. The fourth-order valence-corrected chi connectivity index (χ4v) is 5.00. The van der Waals surface area contributed by atoms with Crippen LogP contribution in [0.15, 0.2) is 76.8 Å². The molecule has 0 spiro atoms. The summed E-state index contributed by atoms with van der Waals surface area (Å²) in [5, 5.41) is 11.3. The van der Waals surface area contributed by atoms with E-state index in [-0.39, 0.29) is 16.5 Å². The van der Waals surface area contributed by atoms with Gasteiger partial charge in [-0.25, -0.2) is 9.40 Å². The van der Waals surface area contributed by atoms with Gasteiger partial charge in [0, 0.05) is 16.0 Å². The lowest BCUT2D eigenvalue weighted by molar-refractivity contribution is -0.116. The van der Waals surface area contributed by atoms with E-state index < -0.39 is 12.0 Å². The minimum Gasteiger partial charge on any atom is -0.298 e. The van der Waals surface area contributed by atoms with Crippen molar-refractivity contribution in [3.05, 3.63) is 104 Å². The molecule has 2 heterocycles. The Bertz CT molecular complexity index is 1370. The van der Waals surface area contributed by atoms with Crippen LogP contribution >= 0.6 is 35.0 Å². The summed E-state index contributed by atoms with van der Waals surface area (Å²) in [6.07, 6.45) is -0.921. The van der Waals surface area contributed by atoms with Gasteiger partial charge in [0.1, 0.15) is 11.5 Å². The first kappa shape index (κ1) is 21.0. The van der Waals surface area contributed by atoms with E-state index in [1.807, 2.05) is 30.3 Å². The maximum atomic E-state index is 14.8. The summed E-state index contributed by atoms with van der Waals surface area (Å²) in [7, 11) is 0. The van der Waals surface area contributed by atoms with Gasteiger partial charge in [-0.05, 0) is 29.8 Å². The molecule has 0 bridgehead atoms. The maximum Gasteiger partial charge on any atom is 0.276 e. The molecule has 0 saturated heterocycles. The molecule has 0 unspecified atom stereocenters. The van der Waals surface area contributed by atoms with Gasteiger partial charge in [0.05, 0.1) is 15.9 Å². The van der Waals surface area contributed by atoms with E-state index in [2.05, 4.69) is 15.4 Å². The number of benzene rings is 3. The number of thioether (sulfide) groups is 1. The first-order valence-corrected chi connectivity index (χ1v) is 11.4. The average molecular weight is 485 g/mol. The van der Waals surface area contributed by atoms with E-state index in [4.69, 9.17) is 23.2 Å². The van der Waals surface area contributed by atoms with Crippen molar-refractivity contribution < 1.29 is 9.18 Å². The summed E-state index contributed by atoms with van der Waals surface area (Å²) < 4.78 is 14.8. The number of halogens is 3. The lowest BCUT2D eigenvalue weighted by Gasteiger charge is -2.34. The van der Waals surface area contributed by atoms with Gasteiger partial charge in [0.25, 0.3) is 5.91 Å². The van der Waals surface area contributed by atoms with Gasteiger partial charge in [0.2, 0.25) is 0 Å². The molecule has 9 heteroatoms. The number of amidine groups is 1. The smallest absolute Gasteiger partial charge is 0.276 e. The van der Waals surface area contributed by atoms with Crippen molar-refractivity contribution in [2.24, 2.45) is 10.1 Å². The number of fused-ring (bicyclic) bond motifs is 2. The Morgan fingerprint density at radius 3 is 2.56 bits per heavy atom. The van der Waals surface area contributed by atoms with E-state index in [0.717, 1.165) is 5.56 Å². The largest absolute Gasteiger partial charge is 0.298 e. The summed E-state index contributed by atoms with van der Waals surface area (Å²) in [6.45, 7) is 0. The molecule has 1 atom stereocenters. The maximum absolute atomic E-state index is 14.8. The molecule has 32 heavy (non-hydrogen) atoms. The van der Waals surface area contributed by atoms with Crippen LogP contribution in [0.4, 0.5) is 4.39 Å². The lowest BCUT2D eigenvalue weighted by atomic mass is 10.1. The molecule has 1 N–H and O–H groups in total. The van der Waals surface area contributed by atoms with E-state index in [1.165, 1.54) is 28.9 Å². The third-order valence-corrected chi connectivity index (χ3v) is 6.71. The zero-order valence-electron chi connectivity index (χ0n) is 16.4. The second-order valence-electron chi connectivity index (χ2n) is 7.09. The molecule has 160 valence electrons. The van der Waals surface area contributed by atoms with Crippen molar-refractivity contribution in [2.45, 2.75) is 11.9 Å². The van der Waals surface area contributed by atoms with Crippen LogP contribution in [0.25, 0.3) is 5.70 Å². The molecular weight excluding hydrogens is 470 g/mol. The Morgan fingerprint density at radius 2 is 1.75 bits per heavy atom. The number of nitrogens with zero attached hydrogens (tertiary/aromatic N) is 3. The van der Waals surface area contributed by atoms with Crippen LogP contribution in [0.3, 0.4) is 0 Å². The van der Waals surface area contributed by atoms with Gasteiger partial charge in [0.15, 0.2) is 11.3 Å². The molecule has 2 aliphatic heterocycles. The van der Waals surface area contributed by atoms with E-state index in [0.29, 0.717) is 32.2 Å². The number of para-hydroxylation sites is 1. The molecule has 5 nitrogen and oxygen atoms in total. The minimum absolute atomic E-state index is 0.162. The molecule has 0 aliphatic carbocycles. The van der Waals surface area contributed by atoms with Crippen LogP contribution in [-0.2, 0) is 10.5 Å². The molecule has 3 aromatic carbocycles. The number of carbonyl (C=O) groups is 1. The summed E-state index contributed by atoms with van der Waals surface area (Å²) in [5.74, 6) is -0.362. The number of carbonyl (C=O) groups excluding carboxylic acids is 1. The van der Waals surface area contributed by atoms with E-state index in [9.17, 15) is 9.18 Å². The Kier molecular flexibility index (Phi) is 5.63. The topological polar surface area (TPSA) is 57.1 Å². The highest BCUT2D eigenvalue weighted by Gasteiger charge is 2.36. The molecule has 2 aliphatic rings. The van der Waals surface area contributed by atoms with Crippen LogP contribution in [0.5, 0.6) is 0 Å². The second kappa shape index (κ2) is 8.58. The van der Waals surface area contributed by atoms with Crippen LogP contribution < -0.4 is 15.9 Å². The van der Waals surface area contributed by atoms with Gasteiger partial charge in [-0.2, -0.15) is 0 Å². The molecule has 0 fully saturated rings. The fraction of sp³-hybridized carbons (Fsp3) is 0.0870. The quantitative estimate of drug-likeness (QED) is 0.605. The molecule has 5 rings (SSSR count). The molecule has 0 radical (unpaired) electrons. The standard InChI is InChI=1S/C23H15Cl2FN4OS/c24-15-8-3-1-6-13(15)12-32-23-28-22(31)20-14-7-2-4-11-18(14)27-21(30(20)29-23)19-16(25)9-5-10-17(19)26/h1-11,21H,12H2,(H,28,29,31)/t21-/m1/s1. The average Bonchev–Trinajstić information content (AvgIpc) is 2.78. The second-order valence-corrected chi connectivity index (χ2v) is 8.87. The first-order valence-electron chi connectivity index (χ1n) is 9.69. The summed E-state index contributed by atoms with van der Waals surface area (Å²) in [6, 6.07) is 19.1. The summed E-state index contributed by atoms with van der Waals surface area (Å²) >= 11 is 13.9. The van der Waals surface area contributed by atoms with Gasteiger partial charge in [-0.3, -0.25) is 15.1 Å². The molecule has 0 saturated carbocycles. The third-order valence-electron chi connectivity index (χ3n) is 5.10. The number of nitrogens with one attached hydrogen (secondary N) is 1. The predicted octanol–water partition coefficient (Wildman–Crippen LogP) is 4.21. The van der Waals surface area contributed by atoms with Crippen molar-refractivity contribution in [1.29, 1.82) is 0 Å². The summed E-state index contributed by atoms with van der Waals surface area (Å²) in [5.41, 5.74) is 1.37. The SMILES string of the molecule is O=C1NC(SCc2ccccc2Cl)=NN2C1=c1ccccc1=N[C@H]2c1c(F)cccc1Cl. The van der Waals surface area contributed by atoms with Gasteiger partial charge < -0.3 is 0 Å². The molecule has 1 amide bonds. The van der Waals surface area contributed by atoms with Crippen molar-refractivity contribution in [3.8, 4) is 0 Å². The summed E-state index contributed by atoms with van der Waals surface area (Å²) in [4.78, 5) is 17.8. The normalized spacial score (nSPS) is 17.2. The fourth-order valence-electron chi connectivity index (χ4n) is 3.60. The first-order chi connectivity index (χ1) is 15.5. The van der Waals surface area contributed by atoms with Crippen LogP contribution in [0, 0.1) is 5.82 Å². The molecule has 0 aromatic heterocycles. The zero-order chi connectivity index (χ0) is 22.2. The van der Waals surface area contributed by atoms with E-state index >= 15 is 0 Å². The lowest BCUT2D eigenvalue weighted by Crippen LogP contribution is -2.50. The van der Waals surface area contributed by atoms with Crippen molar-refractivity contribution >= 4 is 51.7 Å². The Morgan fingerprint density at radius 1 is 1.00 bits per heavy atom. The van der Waals surface area contributed by atoms with Crippen LogP contribution in [0.1, 0.15) is 17.3 Å². The number of amides is 1. The predicted molar refractivity (Wildman–Crippen MR) is 125 cm³/mol. The number of rotatable bonds is 3. The van der Waals surface area contributed by atoms with Gasteiger partial charge >= 0.3 is 0 Å². The molecular formula is C23H15Cl2FN4OS. The Hall–Kier alpha value is -2.87. The van der Waals surface area contributed by atoms with Crippen LogP contribution in [-0.4, -0.2) is 16.1 Å². The Labute approximate surface area is 197 Å². The van der Waals surface area contributed by atoms with E-state index in [1.54, 1.807) is 24.3 Å². The number of hydrogen-bond donors (Lipinski definition) is 1. The minimum atomic E-state index is -0.921. The van der Waals surface area contributed by atoms with Gasteiger partial charge in [-0.15, -0.1) is 5.10 Å². The number of hydrazone groups is 1. The Balaban J connectivity index is 1.61. The highest BCUT2D eigenvalue weighted by Crippen LogP contribution is 2.36. The third kappa shape index (κ3) is 3.77. The van der Waals surface area contributed by atoms with Crippen LogP contribution in [0.2, 0.25) is 10.0 Å².